The predicted octanol–water partition coefficient (Wildman–Crippen LogP) is 2.93. The Morgan fingerprint density at radius 3 is 1.89 bits per heavy atom. The Labute approximate surface area is 61.9 Å². The molecule has 50 valence electrons. The lowest BCUT2D eigenvalue weighted by Crippen LogP contribution is -2.21. The molecular formula is C7H11ClSi. The molecule has 0 spiro atoms. The zero-order valence-corrected chi connectivity index (χ0v) is 7.52. The van der Waals surface area contributed by atoms with Gasteiger partial charge < -0.3 is 0 Å². The molecule has 0 aromatic heterocycles. The van der Waals surface area contributed by atoms with Gasteiger partial charge in [0.2, 0.25) is 0 Å². The van der Waals surface area contributed by atoms with E-state index in [0.717, 1.165) is 0 Å². The van der Waals surface area contributed by atoms with Crippen molar-refractivity contribution in [1.29, 1.82) is 0 Å². The van der Waals surface area contributed by atoms with Crippen molar-refractivity contribution in [1.82, 2.24) is 0 Å². The molecule has 0 aliphatic heterocycles. The maximum Gasteiger partial charge on any atom is 0.160 e. The third kappa shape index (κ3) is 1.70. The van der Waals surface area contributed by atoms with E-state index in [1.807, 2.05) is 0 Å². The largest absolute Gasteiger partial charge is 0.167 e. The van der Waals surface area contributed by atoms with Gasteiger partial charge in [-0.05, 0) is 0 Å². The topological polar surface area (TPSA) is 0 Å². The number of rotatable bonds is 1. The summed E-state index contributed by atoms with van der Waals surface area (Å²) in [4.78, 5) is 0. The quantitative estimate of drug-likeness (QED) is 0.407. The Kier molecular flexibility index (Phi) is 1.82. The first-order valence-corrected chi connectivity index (χ1v) is 7.23. The van der Waals surface area contributed by atoms with Gasteiger partial charge in [-0.15, -0.1) is 0 Å². The zero-order chi connectivity index (χ0) is 6.91. The number of allylic oxidation sites excluding steroid dienone is 4. The molecule has 0 unspecified atom stereocenters. The lowest BCUT2D eigenvalue weighted by Gasteiger charge is -2.17. The van der Waals surface area contributed by atoms with E-state index in [9.17, 15) is 0 Å². The van der Waals surface area contributed by atoms with Crippen LogP contribution in [0, 0.1) is 0 Å². The minimum Gasteiger partial charge on any atom is -0.167 e. The highest BCUT2D eigenvalue weighted by atomic mass is 35.6. The smallest absolute Gasteiger partial charge is 0.160 e. The minimum absolute atomic E-state index is 0.555. The standard InChI is InChI=1S/C7H11ClSi/c1-9(2,8)7-5-3-4-6-7/h3-7H,1-2H3. The van der Waals surface area contributed by atoms with E-state index in [2.05, 4.69) is 37.4 Å². The van der Waals surface area contributed by atoms with Crippen molar-refractivity contribution < 1.29 is 0 Å². The second-order valence-electron chi connectivity index (χ2n) is 2.86. The monoisotopic (exact) mass is 158 g/mol. The summed E-state index contributed by atoms with van der Waals surface area (Å²) in [6, 6.07) is 0. The maximum atomic E-state index is 6.18. The van der Waals surface area contributed by atoms with Gasteiger partial charge in [0.25, 0.3) is 0 Å². The van der Waals surface area contributed by atoms with Gasteiger partial charge in [0.1, 0.15) is 0 Å². The third-order valence-corrected chi connectivity index (χ3v) is 4.27. The lowest BCUT2D eigenvalue weighted by molar-refractivity contribution is 1.34. The van der Waals surface area contributed by atoms with Gasteiger partial charge in [-0.3, -0.25) is 0 Å². The number of halogens is 1. The molecule has 2 heteroatoms. The first-order chi connectivity index (χ1) is 4.11. The molecule has 0 aromatic carbocycles. The van der Waals surface area contributed by atoms with Crippen molar-refractivity contribution in [3.63, 3.8) is 0 Å². The van der Waals surface area contributed by atoms with Gasteiger partial charge in [0.15, 0.2) is 7.38 Å². The van der Waals surface area contributed by atoms with E-state index in [1.54, 1.807) is 0 Å². The maximum absolute atomic E-state index is 6.18. The van der Waals surface area contributed by atoms with Crippen molar-refractivity contribution in [3.05, 3.63) is 24.3 Å². The van der Waals surface area contributed by atoms with E-state index in [1.165, 1.54) is 0 Å². The van der Waals surface area contributed by atoms with Crippen LogP contribution in [0.3, 0.4) is 0 Å². The highest BCUT2D eigenvalue weighted by Gasteiger charge is 2.26. The van der Waals surface area contributed by atoms with Crippen LogP contribution < -0.4 is 0 Å². The lowest BCUT2D eigenvalue weighted by atomic mass is 10.5. The number of hydrogen-bond acceptors (Lipinski definition) is 0. The van der Waals surface area contributed by atoms with E-state index in [0.29, 0.717) is 5.54 Å². The molecular weight excluding hydrogens is 148 g/mol. The van der Waals surface area contributed by atoms with E-state index >= 15 is 0 Å². The molecule has 0 heterocycles. The third-order valence-electron chi connectivity index (χ3n) is 1.54. The van der Waals surface area contributed by atoms with Crippen LogP contribution >= 0.6 is 11.1 Å². The van der Waals surface area contributed by atoms with Gasteiger partial charge in [-0.2, -0.15) is 11.1 Å². The van der Waals surface area contributed by atoms with Crippen LogP contribution in [0.15, 0.2) is 24.3 Å². The van der Waals surface area contributed by atoms with Crippen LogP contribution in [0.2, 0.25) is 18.6 Å². The fraction of sp³-hybridized carbons (Fsp3) is 0.429. The van der Waals surface area contributed by atoms with Crippen LogP contribution in [0.1, 0.15) is 0 Å². The molecule has 0 N–H and O–H groups in total. The first-order valence-electron chi connectivity index (χ1n) is 3.14. The fourth-order valence-electron chi connectivity index (χ4n) is 0.890. The summed E-state index contributed by atoms with van der Waals surface area (Å²) in [7, 11) is -1.43. The average molecular weight is 159 g/mol. The Morgan fingerprint density at radius 2 is 1.67 bits per heavy atom. The molecule has 0 saturated carbocycles. The molecule has 0 fully saturated rings. The van der Waals surface area contributed by atoms with Crippen molar-refractivity contribution in [2.24, 2.45) is 0 Å². The van der Waals surface area contributed by atoms with E-state index in [4.69, 9.17) is 11.1 Å². The van der Waals surface area contributed by atoms with Crippen molar-refractivity contribution >= 4 is 18.5 Å². The first kappa shape index (κ1) is 7.10. The molecule has 0 nitrogen and oxygen atoms in total. The second kappa shape index (κ2) is 2.31. The Bertz CT molecular complexity index is 141. The van der Waals surface area contributed by atoms with Gasteiger partial charge >= 0.3 is 0 Å². The molecule has 1 aliphatic carbocycles. The van der Waals surface area contributed by atoms with Crippen LogP contribution in [-0.2, 0) is 0 Å². The highest BCUT2D eigenvalue weighted by molar-refractivity contribution is 7.20. The Morgan fingerprint density at radius 1 is 1.22 bits per heavy atom. The van der Waals surface area contributed by atoms with Gasteiger partial charge in [-0.1, -0.05) is 37.4 Å². The summed E-state index contributed by atoms with van der Waals surface area (Å²) in [5.41, 5.74) is 0.555. The molecule has 0 aromatic rings. The van der Waals surface area contributed by atoms with Crippen LogP contribution in [0.4, 0.5) is 0 Å². The van der Waals surface area contributed by atoms with E-state index < -0.39 is 7.38 Å². The van der Waals surface area contributed by atoms with E-state index in [-0.39, 0.29) is 0 Å². The van der Waals surface area contributed by atoms with Crippen LogP contribution in [0.5, 0.6) is 0 Å². The molecule has 1 rings (SSSR count). The molecule has 0 amide bonds. The SMILES string of the molecule is C[Si](C)(Cl)C1C=CC=C1. The van der Waals surface area contributed by atoms with Crippen LogP contribution in [0.25, 0.3) is 0 Å². The normalized spacial score (nSPS) is 19.4. The molecule has 0 atom stereocenters. The molecule has 0 saturated heterocycles. The predicted molar refractivity (Wildman–Crippen MR) is 45.4 cm³/mol. The summed E-state index contributed by atoms with van der Waals surface area (Å²) in [5.74, 6) is 0. The van der Waals surface area contributed by atoms with Crippen molar-refractivity contribution in [3.8, 4) is 0 Å². The molecule has 0 radical (unpaired) electrons. The van der Waals surface area contributed by atoms with Gasteiger partial charge in [0.05, 0.1) is 0 Å². The molecule has 1 aliphatic rings. The van der Waals surface area contributed by atoms with Crippen LogP contribution in [-0.4, -0.2) is 7.38 Å². The van der Waals surface area contributed by atoms with Crippen molar-refractivity contribution in [2.75, 3.05) is 0 Å². The zero-order valence-electron chi connectivity index (χ0n) is 5.76. The summed E-state index contributed by atoms with van der Waals surface area (Å²) in [6.07, 6.45) is 8.50. The molecule has 0 bridgehead atoms. The summed E-state index contributed by atoms with van der Waals surface area (Å²) in [6.45, 7) is 4.33. The Hall–Kier alpha value is -0.0131. The second-order valence-corrected chi connectivity index (χ2v) is 9.58. The minimum atomic E-state index is -1.43. The average Bonchev–Trinajstić information content (AvgIpc) is 2.08. The number of hydrogen-bond donors (Lipinski definition) is 0. The summed E-state index contributed by atoms with van der Waals surface area (Å²) in [5, 5.41) is 0. The van der Waals surface area contributed by atoms with Gasteiger partial charge in [0, 0.05) is 5.54 Å². The fourth-order valence-corrected chi connectivity index (χ4v) is 2.46. The van der Waals surface area contributed by atoms with Crippen molar-refractivity contribution in [2.45, 2.75) is 18.6 Å². The van der Waals surface area contributed by atoms with Gasteiger partial charge in [-0.25, -0.2) is 0 Å². The Balaban J connectivity index is 2.64. The summed E-state index contributed by atoms with van der Waals surface area (Å²) >= 11 is 6.18. The summed E-state index contributed by atoms with van der Waals surface area (Å²) < 4.78 is 0. The highest BCUT2D eigenvalue weighted by Crippen LogP contribution is 2.30. The molecule has 9 heavy (non-hydrogen) atoms.